The van der Waals surface area contributed by atoms with Crippen molar-refractivity contribution < 1.29 is 33.0 Å². The van der Waals surface area contributed by atoms with Crippen molar-refractivity contribution in [2.75, 3.05) is 91.6 Å². The zero-order chi connectivity index (χ0) is 86.8. The molecule has 4 aromatic rings. The van der Waals surface area contributed by atoms with Gasteiger partial charge in [0.2, 0.25) is 24.9 Å². The normalized spacial score (nSPS) is 16.2. The van der Waals surface area contributed by atoms with Crippen LogP contribution in [0.15, 0.2) is 104 Å². The Hall–Kier alpha value is -1.36. The second kappa shape index (κ2) is 54.4. The molecule has 40 radical (unpaired) electrons. The smallest absolute Gasteiger partial charge is 0.402 e. The lowest BCUT2D eigenvalue weighted by molar-refractivity contribution is -0.120. The predicted octanol–water partition coefficient (Wildman–Crippen LogP) is -7.25. The number of carbonyl (C=O) groups is 3. The Morgan fingerprint density at radius 2 is 0.791 bits per heavy atom. The number of amides is 3. The van der Waals surface area contributed by atoms with E-state index >= 15 is 0 Å². The van der Waals surface area contributed by atoms with Gasteiger partial charge in [0, 0.05) is 423 Å². The van der Waals surface area contributed by atoms with Crippen LogP contribution in [0.4, 0.5) is 0 Å². The SMILES string of the molecule is Brc1ccc(Br)nc1.C=CB1OC(C)(C)C(C)(C)O1.CC1OB(c2ccc(CCN3CCN(C=O)CC3)nc2)OC1(C)C.O=CN1CCN(CCc2ccc(Br)cn2)CC1.O=CN1CCNCC1.[B]B([B])B(B([B])[B])B(B(B([B])[B])B([B])[B])B(B(B([B])[B])B([B])[B])B(B(B([B])[B])B([B])[B])B(B([B])[B])B([B])[B].[CH+]=Cc1ccc(Br)cn1. The summed E-state index contributed by atoms with van der Waals surface area (Å²) in [6, 6.07) is 15.7. The van der Waals surface area contributed by atoms with Crippen LogP contribution in [0.1, 0.15) is 65.5 Å². The van der Waals surface area contributed by atoms with Crippen LogP contribution < -0.4 is 10.8 Å². The number of nitrogens with zero attached hydrogens (tertiary/aromatic N) is 9. The summed E-state index contributed by atoms with van der Waals surface area (Å²) in [6.07, 6.45) is -6.68. The quantitative estimate of drug-likeness (QED) is 0.0236. The van der Waals surface area contributed by atoms with E-state index in [9.17, 15) is 14.4 Å². The first kappa shape index (κ1) is 108. The molecular weight excluding hydrogens is 1650 g/mol. The van der Waals surface area contributed by atoms with Gasteiger partial charge in [0.25, 0.3) is 0 Å². The number of halogens is 4. The maximum Gasteiger partial charge on any atom is 0.496 e. The summed E-state index contributed by atoms with van der Waals surface area (Å²) in [6.45, 7) is 35.8. The number of nitrogens with one attached hydrogen (secondary N) is 1. The highest BCUT2D eigenvalue weighted by Crippen LogP contribution is 2.37. The summed E-state index contributed by atoms with van der Waals surface area (Å²) < 4.78 is 26.8. The Morgan fingerprint density at radius 1 is 0.461 bits per heavy atom. The first-order valence-corrected chi connectivity index (χ1v) is 41.2. The summed E-state index contributed by atoms with van der Waals surface area (Å²) in [5.74, 6) is 1.68. The molecule has 4 aromatic heterocycles. The standard InChI is InChI=1S/C17H26BN3O3.C12H16BrN3O.C8H15BO2.C7H5BrN.C5H3Br2N.C5H10N2O.B38/c1-14-17(2,3)24-18(23-14)15-4-5-16(19-12-15)6-7-20-8-10-21(13-22)11-9-20;13-11-1-2-12(14-9-11)3-4-15-5-7-16(10-17)8-6-15;1-6-9-10-7(2,3)8(4,5)11-9;1-2-7-4-3-6(8)5-9-7;6-4-1-2-5(7)8-3-4;8-5-7-3-1-6-2-4-7;1-21(2)31(22(3)4)36(32(23(5)6)24(7)8)38(35(29(17)18)30(19)20)37(33(25(9)10)26(11)12)34(27(13)14)28(15)16/h4-5,12-14H,6-11H2,1-3H3;1-2,9-10H,3-8H2;6H,1H2,2-5H3;1-5H;1-3H;5-6H,1-4H2;/q;;;+1;;;. The van der Waals surface area contributed by atoms with E-state index in [4.69, 9.17) is 180 Å². The lowest BCUT2D eigenvalue weighted by Gasteiger charge is -2.53. The monoisotopic (exact) mass is 1730 g/mol. The third-order valence-electron chi connectivity index (χ3n) is 21.0. The molecule has 0 spiro atoms. The van der Waals surface area contributed by atoms with E-state index in [1.807, 2.05) is 113 Å². The number of aromatic nitrogens is 4. The Kier molecular flexibility index (Phi) is 51.0. The summed E-state index contributed by atoms with van der Waals surface area (Å²) >= 11 is 13.1. The molecule has 61 heteroatoms. The van der Waals surface area contributed by atoms with Gasteiger partial charge in [-0.05, 0) is 149 Å². The number of hydrogen-bond donors (Lipinski definition) is 1. The van der Waals surface area contributed by atoms with Crippen molar-refractivity contribution >= 4 is 378 Å². The van der Waals surface area contributed by atoms with Crippen molar-refractivity contribution in [2.24, 2.45) is 0 Å². The third-order valence-corrected chi connectivity index (χ3v) is 22.9. The number of carbonyl (C=O) groups excluding carboxylic acids is 3. The Bertz CT molecular complexity index is 3250. The van der Waals surface area contributed by atoms with E-state index in [-0.39, 0.29) is 37.1 Å². The fourth-order valence-electron chi connectivity index (χ4n) is 13.7. The zero-order valence-electron chi connectivity index (χ0n) is 67.5. The van der Waals surface area contributed by atoms with Crippen LogP contribution in [0.3, 0.4) is 0 Å². The Morgan fingerprint density at radius 3 is 1.04 bits per heavy atom. The van der Waals surface area contributed by atoms with Gasteiger partial charge in [0.15, 0.2) is 6.08 Å². The van der Waals surface area contributed by atoms with E-state index in [0.29, 0.717) is 0 Å². The number of rotatable bonds is 29. The lowest BCUT2D eigenvalue weighted by Crippen LogP contribution is -2.92. The van der Waals surface area contributed by atoms with Gasteiger partial charge in [0.05, 0.1) is 41.7 Å². The van der Waals surface area contributed by atoms with Crippen LogP contribution in [0, 0.1) is 6.58 Å². The van der Waals surface area contributed by atoms with Crippen LogP contribution in [0.25, 0.3) is 6.08 Å². The van der Waals surface area contributed by atoms with Gasteiger partial charge in [-0.1, -0.05) is 12.0 Å². The molecule has 530 valence electrons. The molecule has 3 amide bonds. The molecular formula is C54H75B40Br4N10O7+. The van der Waals surface area contributed by atoms with E-state index in [1.165, 1.54) is 6.08 Å². The fourth-order valence-corrected chi connectivity index (χ4v) is 14.6. The van der Waals surface area contributed by atoms with Crippen molar-refractivity contribution in [1.29, 1.82) is 0 Å². The molecule has 1 N–H and O–H groups in total. The van der Waals surface area contributed by atoms with Gasteiger partial charge in [0.1, 0.15) is 4.60 Å². The molecule has 0 bridgehead atoms. The third kappa shape index (κ3) is 37.2. The second-order valence-electron chi connectivity index (χ2n) is 30.4. The molecule has 5 fully saturated rings. The van der Waals surface area contributed by atoms with Crippen LogP contribution in [-0.2, 0) is 45.8 Å². The minimum absolute atomic E-state index is 0.0622. The van der Waals surface area contributed by atoms with E-state index in [2.05, 4.69) is 111 Å². The van der Waals surface area contributed by atoms with E-state index in [1.54, 1.807) is 23.3 Å². The molecule has 0 aliphatic carbocycles. The average molecular weight is 1730 g/mol. The van der Waals surface area contributed by atoms with Crippen molar-refractivity contribution in [3.8, 4) is 0 Å². The first-order valence-electron chi connectivity index (χ1n) is 38.1. The summed E-state index contributed by atoms with van der Waals surface area (Å²) in [7, 11) is 123. The molecule has 0 aromatic carbocycles. The first-order chi connectivity index (χ1) is 53.9. The predicted molar refractivity (Wildman–Crippen MR) is 539 cm³/mol. The molecule has 9 heterocycles. The largest absolute Gasteiger partial charge is 0.496 e. The van der Waals surface area contributed by atoms with Gasteiger partial charge < -0.3 is 38.6 Å². The number of pyridine rings is 4. The zero-order valence-corrected chi connectivity index (χ0v) is 73.8. The van der Waals surface area contributed by atoms with Gasteiger partial charge in [-0.3, -0.25) is 34.2 Å². The average Bonchev–Trinajstić information content (AvgIpc) is 1.69. The van der Waals surface area contributed by atoms with E-state index in [0.717, 1.165) is 164 Å². The summed E-state index contributed by atoms with van der Waals surface area (Å²) in [4.78, 5) is 58.4. The number of piperazine rings is 3. The highest BCUT2D eigenvalue weighted by Gasteiger charge is 2.57. The fraction of sp³-hybridized carbons (Fsp3) is 0.500. The number of hydrogen-bond acceptors (Lipinski definition) is 14. The molecule has 17 nitrogen and oxygen atoms in total. The highest BCUT2D eigenvalue weighted by molar-refractivity contribution is 9.11. The van der Waals surface area contributed by atoms with Crippen LogP contribution in [0.5, 0.6) is 0 Å². The topological polar surface area (TPSA) is 168 Å². The molecule has 0 saturated carbocycles. The molecule has 5 aliphatic rings. The van der Waals surface area contributed by atoms with E-state index < -0.39 is 115 Å². The molecule has 1 atom stereocenters. The molecule has 5 saturated heterocycles. The molecule has 9 rings (SSSR count). The lowest BCUT2D eigenvalue weighted by atomic mass is 8.28. The highest BCUT2D eigenvalue weighted by atomic mass is 79.9. The minimum atomic E-state index is -1.20. The van der Waals surface area contributed by atoms with Gasteiger partial charge in [-0.15, -0.1) is 6.58 Å². The minimum Gasteiger partial charge on any atom is -0.402 e. The summed E-state index contributed by atoms with van der Waals surface area (Å²) in [5.41, 5.74) is 3.21. The van der Waals surface area contributed by atoms with Gasteiger partial charge in [-0.2, -0.15) is 4.98 Å². The van der Waals surface area contributed by atoms with Crippen molar-refractivity contribution in [1.82, 2.24) is 49.8 Å². The molecule has 5 aliphatic heterocycles. The van der Waals surface area contributed by atoms with Crippen LogP contribution in [-0.4, -0.2) is 462 Å². The molecule has 115 heavy (non-hydrogen) atoms. The second-order valence-corrected chi connectivity index (χ2v) is 33.9. The van der Waals surface area contributed by atoms with Crippen molar-refractivity contribution in [3.05, 3.63) is 128 Å². The van der Waals surface area contributed by atoms with Crippen LogP contribution in [0.2, 0.25) is 0 Å². The maximum absolute atomic E-state index is 10.7. The van der Waals surface area contributed by atoms with Gasteiger partial charge >= 0.3 is 14.2 Å². The Balaban J connectivity index is 0.000000377. The van der Waals surface area contributed by atoms with Crippen molar-refractivity contribution in [3.63, 3.8) is 0 Å². The summed E-state index contributed by atoms with van der Waals surface area (Å²) in [5, 5.41) is 3.15. The van der Waals surface area contributed by atoms with Crippen molar-refractivity contribution in [2.45, 2.75) is 84.2 Å². The Labute approximate surface area is 757 Å². The maximum atomic E-state index is 10.7. The molecule has 1 unspecified atom stereocenters. The van der Waals surface area contributed by atoms with Gasteiger partial charge in [-0.25, -0.2) is 4.98 Å². The van der Waals surface area contributed by atoms with Crippen LogP contribution >= 0.6 is 63.7 Å².